The Balaban J connectivity index is 1.68. The van der Waals surface area contributed by atoms with Gasteiger partial charge in [0.05, 0.1) is 6.61 Å². The van der Waals surface area contributed by atoms with E-state index in [1.165, 1.54) is 19.2 Å². The average Bonchev–Trinajstić information content (AvgIpc) is 3.54. The average molecular weight is 412 g/mol. The van der Waals surface area contributed by atoms with E-state index in [-0.39, 0.29) is 12.5 Å². The van der Waals surface area contributed by atoms with Gasteiger partial charge in [-0.05, 0) is 56.3 Å². The molecule has 0 aliphatic heterocycles. The van der Waals surface area contributed by atoms with E-state index in [1.807, 2.05) is 26.1 Å². The fourth-order valence-electron chi connectivity index (χ4n) is 3.54. The number of aliphatic hydroxyl groups is 1. The Labute approximate surface area is 179 Å². The van der Waals surface area contributed by atoms with Gasteiger partial charge in [-0.25, -0.2) is 9.97 Å². The first-order valence-electron chi connectivity index (χ1n) is 10.8. The second kappa shape index (κ2) is 10.5. The van der Waals surface area contributed by atoms with Crippen molar-refractivity contribution in [2.24, 2.45) is 5.92 Å². The maximum absolute atomic E-state index is 12.8. The molecule has 0 radical (unpaired) electrons. The lowest BCUT2D eigenvalue weighted by Crippen LogP contribution is -2.28. The lowest BCUT2D eigenvalue weighted by atomic mass is 10.1. The minimum absolute atomic E-state index is 0.140. The zero-order valence-electron chi connectivity index (χ0n) is 18.3. The van der Waals surface area contributed by atoms with Gasteiger partial charge in [0.2, 0.25) is 0 Å². The first-order valence-corrected chi connectivity index (χ1v) is 10.8. The van der Waals surface area contributed by atoms with Gasteiger partial charge in [-0.15, -0.1) is 0 Å². The maximum Gasteiger partial charge on any atom is 0.274 e. The smallest absolute Gasteiger partial charge is 0.274 e. The quantitative estimate of drug-likeness (QED) is 0.591. The number of rotatable bonds is 11. The van der Waals surface area contributed by atoms with Crippen LogP contribution in [0.15, 0.2) is 30.6 Å². The van der Waals surface area contributed by atoms with Crippen LogP contribution in [0.3, 0.4) is 0 Å². The molecule has 1 amide bonds. The molecule has 1 aromatic carbocycles. The summed E-state index contributed by atoms with van der Waals surface area (Å²) in [5.41, 5.74) is 3.29. The highest BCUT2D eigenvalue weighted by atomic mass is 16.3. The third-order valence-corrected chi connectivity index (χ3v) is 5.35. The number of anilines is 2. The molecule has 1 aliphatic rings. The van der Waals surface area contributed by atoms with Crippen molar-refractivity contribution in [2.75, 3.05) is 43.5 Å². The topological polar surface area (TPSA) is 81.6 Å². The third kappa shape index (κ3) is 6.24. The van der Waals surface area contributed by atoms with Crippen LogP contribution in [-0.4, -0.2) is 59.2 Å². The van der Waals surface area contributed by atoms with Crippen molar-refractivity contribution >= 4 is 17.4 Å². The number of carbonyl (C=O) groups is 1. The van der Waals surface area contributed by atoms with Crippen LogP contribution in [-0.2, 0) is 6.54 Å². The molecule has 2 N–H and O–H groups in total. The van der Waals surface area contributed by atoms with E-state index in [0.29, 0.717) is 12.2 Å². The normalized spacial score (nSPS) is 13.5. The standard InChI is InChI=1S/C23H33N5O2/c1-4-9-28(15-18-5-6-18)22-13-21(24-16-25-22)23(30)26-20-8-7-19(12-17(20)2)14-27(3)10-11-29/h7-8,12-13,16,18,29H,4-6,9-11,14-15H2,1-3H3,(H,26,30). The number of hydrogen-bond donors (Lipinski definition) is 2. The molecular formula is C23H33N5O2. The van der Waals surface area contributed by atoms with Crippen molar-refractivity contribution in [3.8, 4) is 0 Å². The Bertz CT molecular complexity index is 853. The monoisotopic (exact) mass is 411 g/mol. The van der Waals surface area contributed by atoms with Crippen LogP contribution >= 0.6 is 0 Å². The molecule has 1 heterocycles. The van der Waals surface area contributed by atoms with Gasteiger partial charge in [0.1, 0.15) is 17.8 Å². The predicted octanol–water partition coefficient (Wildman–Crippen LogP) is 3.09. The highest BCUT2D eigenvalue weighted by Gasteiger charge is 2.25. The molecule has 0 spiro atoms. The van der Waals surface area contributed by atoms with Crippen LogP contribution in [0.1, 0.15) is 47.8 Å². The van der Waals surface area contributed by atoms with Crippen molar-refractivity contribution < 1.29 is 9.90 Å². The number of amides is 1. The maximum atomic E-state index is 12.8. The summed E-state index contributed by atoms with van der Waals surface area (Å²) in [5, 5.41) is 12.0. The van der Waals surface area contributed by atoms with Gasteiger partial charge < -0.3 is 15.3 Å². The van der Waals surface area contributed by atoms with E-state index in [0.717, 1.165) is 54.6 Å². The van der Waals surface area contributed by atoms with E-state index in [2.05, 4.69) is 38.1 Å². The number of benzene rings is 1. The zero-order valence-corrected chi connectivity index (χ0v) is 18.3. The van der Waals surface area contributed by atoms with Gasteiger partial charge in [0, 0.05) is 37.9 Å². The van der Waals surface area contributed by atoms with Crippen molar-refractivity contribution in [2.45, 2.75) is 39.7 Å². The molecule has 1 aliphatic carbocycles. The van der Waals surface area contributed by atoms with Crippen LogP contribution in [0.2, 0.25) is 0 Å². The summed E-state index contributed by atoms with van der Waals surface area (Å²) in [6.07, 6.45) is 5.08. The molecule has 1 aromatic heterocycles. The lowest BCUT2D eigenvalue weighted by Gasteiger charge is -2.23. The molecule has 30 heavy (non-hydrogen) atoms. The summed E-state index contributed by atoms with van der Waals surface area (Å²) < 4.78 is 0. The number of nitrogens with zero attached hydrogens (tertiary/aromatic N) is 4. The summed E-state index contributed by atoms with van der Waals surface area (Å²) in [6, 6.07) is 7.78. The van der Waals surface area contributed by atoms with Crippen LogP contribution in [0.25, 0.3) is 0 Å². The van der Waals surface area contributed by atoms with E-state index >= 15 is 0 Å². The molecule has 0 saturated heterocycles. The number of carbonyl (C=O) groups excluding carboxylic acids is 1. The van der Waals surface area contributed by atoms with Gasteiger partial charge in [-0.3, -0.25) is 9.69 Å². The van der Waals surface area contributed by atoms with Gasteiger partial charge in [-0.1, -0.05) is 19.1 Å². The van der Waals surface area contributed by atoms with Gasteiger partial charge in [-0.2, -0.15) is 0 Å². The fourth-order valence-corrected chi connectivity index (χ4v) is 3.54. The van der Waals surface area contributed by atoms with Gasteiger partial charge in [0.15, 0.2) is 0 Å². The minimum atomic E-state index is -0.227. The van der Waals surface area contributed by atoms with E-state index < -0.39 is 0 Å². The zero-order chi connectivity index (χ0) is 21.5. The molecule has 1 fully saturated rings. The Morgan fingerprint density at radius 1 is 1.23 bits per heavy atom. The van der Waals surface area contributed by atoms with Crippen LogP contribution in [0.4, 0.5) is 11.5 Å². The van der Waals surface area contributed by atoms with E-state index in [1.54, 1.807) is 6.07 Å². The first-order chi connectivity index (χ1) is 14.5. The van der Waals surface area contributed by atoms with Crippen LogP contribution in [0.5, 0.6) is 0 Å². The number of hydrogen-bond acceptors (Lipinski definition) is 6. The molecule has 3 rings (SSSR count). The summed E-state index contributed by atoms with van der Waals surface area (Å²) >= 11 is 0. The Hall–Kier alpha value is -2.51. The second-order valence-corrected chi connectivity index (χ2v) is 8.22. The summed E-state index contributed by atoms with van der Waals surface area (Å²) in [5.74, 6) is 1.35. The molecule has 1 saturated carbocycles. The third-order valence-electron chi connectivity index (χ3n) is 5.35. The summed E-state index contributed by atoms with van der Waals surface area (Å²) in [7, 11) is 1.97. The largest absolute Gasteiger partial charge is 0.395 e. The molecule has 0 atom stereocenters. The van der Waals surface area contributed by atoms with E-state index in [9.17, 15) is 4.79 Å². The molecule has 0 unspecified atom stereocenters. The number of aromatic nitrogens is 2. The Kier molecular flexibility index (Phi) is 7.76. The van der Waals surface area contributed by atoms with Crippen molar-refractivity contribution in [3.05, 3.63) is 47.4 Å². The summed E-state index contributed by atoms with van der Waals surface area (Å²) in [4.78, 5) is 25.8. The SMILES string of the molecule is CCCN(CC1CC1)c1cc(C(=O)Nc2ccc(CN(C)CCO)cc2C)ncn1. The summed E-state index contributed by atoms with van der Waals surface area (Å²) in [6.45, 7) is 7.58. The predicted molar refractivity (Wildman–Crippen MR) is 120 cm³/mol. The lowest BCUT2D eigenvalue weighted by molar-refractivity contribution is 0.102. The van der Waals surface area contributed by atoms with Crippen molar-refractivity contribution in [3.63, 3.8) is 0 Å². The van der Waals surface area contributed by atoms with Crippen molar-refractivity contribution in [1.82, 2.24) is 14.9 Å². The molecule has 0 bridgehead atoms. The Morgan fingerprint density at radius 2 is 2.03 bits per heavy atom. The number of likely N-dealkylation sites (N-methyl/N-ethyl adjacent to an activating group) is 1. The first kappa shape index (κ1) is 22.2. The molecule has 2 aromatic rings. The van der Waals surface area contributed by atoms with Crippen LogP contribution in [0, 0.1) is 12.8 Å². The second-order valence-electron chi connectivity index (χ2n) is 8.22. The molecule has 7 nitrogen and oxygen atoms in total. The number of nitrogens with one attached hydrogen (secondary N) is 1. The fraction of sp³-hybridized carbons (Fsp3) is 0.522. The van der Waals surface area contributed by atoms with Gasteiger partial charge >= 0.3 is 0 Å². The van der Waals surface area contributed by atoms with E-state index in [4.69, 9.17) is 5.11 Å². The molecule has 7 heteroatoms. The highest BCUT2D eigenvalue weighted by molar-refractivity contribution is 6.03. The highest BCUT2D eigenvalue weighted by Crippen LogP contribution is 2.31. The number of aryl methyl sites for hydroxylation is 1. The molecular weight excluding hydrogens is 378 g/mol. The Morgan fingerprint density at radius 3 is 2.70 bits per heavy atom. The number of aliphatic hydroxyl groups excluding tert-OH is 1. The molecule has 162 valence electrons. The van der Waals surface area contributed by atoms with Crippen molar-refractivity contribution in [1.29, 1.82) is 0 Å². The van der Waals surface area contributed by atoms with Crippen LogP contribution < -0.4 is 10.2 Å². The van der Waals surface area contributed by atoms with Gasteiger partial charge in [0.25, 0.3) is 5.91 Å². The minimum Gasteiger partial charge on any atom is -0.395 e.